The number of aromatic nitrogens is 1. The minimum absolute atomic E-state index is 0.0328. The van der Waals surface area contributed by atoms with Crippen molar-refractivity contribution in [1.82, 2.24) is 9.71 Å². The van der Waals surface area contributed by atoms with Crippen LogP contribution >= 0.6 is 0 Å². The lowest BCUT2D eigenvalue weighted by Crippen LogP contribution is -2.31. The van der Waals surface area contributed by atoms with Gasteiger partial charge in [-0.3, -0.25) is 9.78 Å². The van der Waals surface area contributed by atoms with Gasteiger partial charge < -0.3 is 0 Å². The van der Waals surface area contributed by atoms with E-state index in [4.69, 9.17) is 0 Å². The summed E-state index contributed by atoms with van der Waals surface area (Å²) in [4.78, 5) is 14.9. The van der Waals surface area contributed by atoms with E-state index in [0.717, 1.165) is 11.6 Å². The lowest BCUT2D eigenvalue weighted by atomic mass is 10.1. The van der Waals surface area contributed by atoms with Crippen LogP contribution in [0.5, 0.6) is 0 Å². The van der Waals surface area contributed by atoms with Crippen molar-refractivity contribution in [2.24, 2.45) is 0 Å². The van der Waals surface area contributed by atoms with E-state index in [2.05, 4.69) is 4.98 Å². The predicted octanol–water partition coefficient (Wildman–Crippen LogP) is 2.11. The lowest BCUT2D eigenvalue weighted by molar-refractivity contribution is -0.119. The summed E-state index contributed by atoms with van der Waals surface area (Å²) < 4.78 is 52.7. The van der Waals surface area contributed by atoms with E-state index in [-0.39, 0.29) is 12.0 Å². The summed E-state index contributed by atoms with van der Waals surface area (Å²) in [5.74, 6) is -2.89. The molecular formula is C15H14F2N2O3S. The van der Waals surface area contributed by atoms with Gasteiger partial charge in [0.2, 0.25) is 5.91 Å². The van der Waals surface area contributed by atoms with E-state index in [1.54, 1.807) is 29.2 Å². The molecule has 0 atom stereocenters. The van der Waals surface area contributed by atoms with Gasteiger partial charge in [0.15, 0.2) is 0 Å². The molecule has 0 spiro atoms. The fraction of sp³-hybridized carbons (Fsp3) is 0.200. The number of benzene rings is 1. The maximum atomic E-state index is 13.6. The summed E-state index contributed by atoms with van der Waals surface area (Å²) >= 11 is 0. The van der Waals surface area contributed by atoms with Crippen molar-refractivity contribution in [2.75, 3.05) is 0 Å². The standard InChI is InChI=1S/C15H14F2N2O3S/c1-10-7-14(13(17)8-12(10)16)23(21,22)19-15(20)5-4-11-3-2-6-18-9-11/h2-3,6-9H,4-5H2,1H3,(H,19,20). The fourth-order valence-corrected chi connectivity index (χ4v) is 3.06. The van der Waals surface area contributed by atoms with Gasteiger partial charge in [-0.25, -0.2) is 21.9 Å². The van der Waals surface area contributed by atoms with Gasteiger partial charge in [0.1, 0.15) is 16.5 Å². The molecule has 0 bridgehead atoms. The molecule has 1 aromatic carbocycles. The fourth-order valence-electron chi connectivity index (χ4n) is 1.90. The van der Waals surface area contributed by atoms with Crippen molar-refractivity contribution in [1.29, 1.82) is 0 Å². The number of rotatable bonds is 5. The monoisotopic (exact) mass is 340 g/mol. The van der Waals surface area contributed by atoms with Crippen LogP contribution in [0.3, 0.4) is 0 Å². The molecule has 23 heavy (non-hydrogen) atoms. The summed E-state index contributed by atoms with van der Waals surface area (Å²) in [5.41, 5.74) is 0.735. The number of sulfonamides is 1. The first kappa shape index (κ1) is 17.0. The normalized spacial score (nSPS) is 11.3. The van der Waals surface area contributed by atoms with Gasteiger partial charge in [0.25, 0.3) is 10.0 Å². The van der Waals surface area contributed by atoms with Crippen LogP contribution in [0.2, 0.25) is 0 Å². The van der Waals surface area contributed by atoms with Gasteiger partial charge in [-0.1, -0.05) is 6.07 Å². The van der Waals surface area contributed by atoms with E-state index in [1.807, 2.05) is 0 Å². The first-order valence-electron chi connectivity index (χ1n) is 6.70. The molecule has 0 fully saturated rings. The predicted molar refractivity (Wildman–Crippen MR) is 79.0 cm³/mol. The third kappa shape index (κ3) is 4.32. The number of carbonyl (C=O) groups excluding carboxylic acids is 1. The third-order valence-corrected chi connectivity index (χ3v) is 4.50. The van der Waals surface area contributed by atoms with Crippen LogP contribution in [-0.2, 0) is 21.2 Å². The number of aryl methyl sites for hydroxylation is 2. The maximum Gasteiger partial charge on any atom is 0.266 e. The Morgan fingerprint density at radius 2 is 2.00 bits per heavy atom. The Kier molecular flexibility index (Phi) is 5.05. The molecule has 8 heteroatoms. The van der Waals surface area contributed by atoms with E-state index < -0.39 is 32.5 Å². The first-order chi connectivity index (χ1) is 10.8. The summed E-state index contributed by atoms with van der Waals surface area (Å²) in [6, 6.07) is 4.77. The second-order valence-corrected chi connectivity index (χ2v) is 6.57. The molecule has 0 aliphatic carbocycles. The third-order valence-electron chi connectivity index (χ3n) is 3.11. The van der Waals surface area contributed by atoms with Crippen molar-refractivity contribution in [2.45, 2.75) is 24.7 Å². The number of hydrogen-bond donors (Lipinski definition) is 1. The Bertz CT molecular complexity index is 824. The molecule has 0 saturated carbocycles. The molecule has 0 saturated heterocycles. The van der Waals surface area contributed by atoms with Crippen molar-refractivity contribution >= 4 is 15.9 Å². The number of carbonyl (C=O) groups is 1. The van der Waals surface area contributed by atoms with Gasteiger partial charge in [0.05, 0.1) is 0 Å². The van der Waals surface area contributed by atoms with E-state index in [1.165, 1.54) is 6.92 Å². The Balaban J connectivity index is 2.09. The Labute approximate surface area is 132 Å². The SMILES string of the molecule is Cc1cc(S(=O)(=O)NC(=O)CCc2cccnc2)c(F)cc1F. The smallest absolute Gasteiger partial charge is 0.266 e. The highest BCUT2D eigenvalue weighted by atomic mass is 32.2. The quantitative estimate of drug-likeness (QED) is 0.904. The number of nitrogens with zero attached hydrogens (tertiary/aromatic N) is 1. The highest BCUT2D eigenvalue weighted by molar-refractivity contribution is 7.90. The molecule has 2 rings (SSSR count). The largest absolute Gasteiger partial charge is 0.274 e. The molecule has 1 heterocycles. The van der Waals surface area contributed by atoms with Crippen LogP contribution in [0.4, 0.5) is 8.78 Å². The zero-order valence-electron chi connectivity index (χ0n) is 12.2. The average Bonchev–Trinajstić information content (AvgIpc) is 2.49. The number of pyridine rings is 1. The van der Waals surface area contributed by atoms with Gasteiger partial charge in [-0.2, -0.15) is 0 Å². The molecule has 0 radical (unpaired) electrons. The Morgan fingerprint density at radius 3 is 2.65 bits per heavy atom. The second-order valence-electron chi connectivity index (χ2n) is 4.92. The van der Waals surface area contributed by atoms with Crippen LogP contribution < -0.4 is 4.72 Å². The van der Waals surface area contributed by atoms with Crippen LogP contribution in [-0.4, -0.2) is 19.3 Å². The lowest BCUT2D eigenvalue weighted by Gasteiger charge is -2.09. The van der Waals surface area contributed by atoms with Crippen LogP contribution in [0, 0.1) is 18.6 Å². The molecular weight excluding hydrogens is 326 g/mol. The highest BCUT2D eigenvalue weighted by Crippen LogP contribution is 2.19. The zero-order chi connectivity index (χ0) is 17.0. The minimum atomic E-state index is -4.39. The number of hydrogen-bond acceptors (Lipinski definition) is 4. The molecule has 1 amide bonds. The zero-order valence-corrected chi connectivity index (χ0v) is 13.0. The summed E-state index contributed by atoms with van der Waals surface area (Å²) in [5, 5.41) is 0. The first-order valence-corrected chi connectivity index (χ1v) is 8.18. The van der Waals surface area contributed by atoms with Crippen molar-refractivity contribution in [3.63, 3.8) is 0 Å². The highest BCUT2D eigenvalue weighted by Gasteiger charge is 2.23. The van der Waals surface area contributed by atoms with Crippen LogP contribution in [0.1, 0.15) is 17.5 Å². The van der Waals surface area contributed by atoms with E-state index in [9.17, 15) is 22.0 Å². The van der Waals surface area contributed by atoms with E-state index >= 15 is 0 Å². The van der Waals surface area contributed by atoms with Gasteiger partial charge >= 0.3 is 0 Å². The average molecular weight is 340 g/mol. The molecule has 1 N–H and O–H groups in total. The maximum absolute atomic E-state index is 13.6. The summed E-state index contributed by atoms with van der Waals surface area (Å²) in [6.45, 7) is 1.30. The van der Waals surface area contributed by atoms with Crippen LogP contribution in [0.25, 0.3) is 0 Å². The molecule has 1 aromatic heterocycles. The summed E-state index contributed by atoms with van der Waals surface area (Å²) in [7, 11) is -4.39. The molecule has 0 unspecified atom stereocenters. The minimum Gasteiger partial charge on any atom is -0.274 e. The van der Waals surface area contributed by atoms with Crippen molar-refractivity contribution in [3.05, 3.63) is 59.4 Å². The van der Waals surface area contributed by atoms with Crippen molar-refractivity contribution in [3.8, 4) is 0 Å². The molecule has 0 aliphatic rings. The number of amides is 1. The number of halogens is 2. The van der Waals surface area contributed by atoms with Crippen molar-refractivity contribution < 1.29 is 22.0 Å². The summed E-state index contributed by atoms with van der Waals surface area (Å²) in [6.07, 6.45) is 3.32. The van der Waals surface area contributed by atoms with E-state index in [0.29, 0.717) is 12.5 Å². The molecule has 5 nitrogen and oxygen atoms in total. The molecule has 2 aromatic rings. The van der Waals surface area contributed by atoms with Gasteiger partial charge in [-0.05, 0) is 36.6 Å². The second kappa shape index (κ2) is 6.82. The topological polar surface area (TPSA) is 76.1 Å². The van der Waals surface area contributed by atoms with Gasteiger partial charge in [-0.15, -0.1) is 0 Å². The molecule has 0 aliphatic heterocycles. The van der Waals surface area contributed by atoms with Crippen LogP contribution in [0.15, 0.2) is 41.6 Å². The Morgan fingerprint density at radius 1 is 1.26 bits per heavy atom. The number of nitrogens with one attached hydrogen (secondary N) is 1. The molecule has 122 valence electrons. The van der Waals surface area contributed by atoms with Gasteiger partial charge in [0, 0.05) is 24.9 Å². The Hall–Kier alpha value is -2.35.